The number of anilines is 1. The maximum Gasteiger partial charge on any atom is 0.264 e. The van der Waals surface area contributed by atoms with Crippen molar-refractivity contribution in [2.24, 2.45) is 0 Å². The van der Waals surface area contributed by atoms with E-state index in [1.54, 1.807) is 31.2 Å². The lowest BCUT2D eigenvalue weighted by Crippen LogP contribution is -2.52. The monoisotopic (exact) mass is 579 g/mol. The quantitative estimate of drug-likeness (QED) is 0.320. The minimum atomic E-state index is -4.19. The molecule has 3 rings (SSSR count). The van der Waals surface area contributed by atoms with Gasteiger partial charge in [0.25, 0.3) is 10.0 Å². The van der Waals surface area contributed by atoms with E-state index < -0.39 is 28.5 Å². The van der Waals surface area contributed by atoms with Crippen LogP contribution in [0.3, 0.4) is 0 Å². The molecule has 220 valence electrons. The minimum absolute atomic E-state index is 0.0484. The highest BCUT2D eigenvalue weighted by Crippen LogP contribution is 2.34. The lowest BCUT2D eigenvalue weighted by atomic mass is 10.1. The Labute approximate surface area is 244 Å². The van der Waals surface area contributed by atoms with E-state index in [0.29, 0.717) is 5.75 Å². The van der Waals surface area contributed by atoms with Gasteiger partial charge in [-0.3, -0.25) is 13.9 Å². The average Bonchev–Trinajstić information content (AvgIpc) is 2.94. The van der Waals surface area contributed by atoms with Crippen molar-refractivity contribution >= 4 is 27.5 Å². The molecule has 3 aromatic carbocycles. The molecule has 0 saturated heterocycles. The molecule has 0 aliphatic carbocycles. The van der Waals surface area contributed by atoms with Gasteiger partial charge in [0.15, 0.2) is 0 Å². The topological polar surface area (TPSA) is 96.0 Å². The van der Waals surface area contributed by atoms with Crippen molar-refractivity contribution in [3.63, 3.8) is 0 Å². The Morgan fingerprint density at radius 3 is 2.15 bits per heavy atom. The van der Waals surface area contributed by atoms with Crippen molar-refractivity contribution in [1.82, 2.24) is 10.2 Å². The van der Waals surface area contributed by atoms with Gasteiger partial charge in [0, 0.05) is 12.6 Å². The number of benzene rings is 3. The molecule has 0 aromatic heterocycles. The predicted octanol–water partition coefficient (Wildman–Crippen LogP) is 5.15. The first-order valence-corrected chi connectivity index (χ1v) is 15.2. The molecule has 41 heavy (non-hydrogen) atoms. The van der Waals surface area contributed by atoms with Crippen molar-refractivity contribution in [1.29, 1.82) is 0 Å². The number of amides is 2. The Bertz CT molecular complexity index is 1470. The Balaban J connectivity index is 2.10. The average molecular weight is 580 g/mol. The number of aryl methyl sites for hydroxylation is 3. The molecule has 0 fully saturated rings. The number of hydrogen-bond acceptors (Lipinski definition) is 5. The summed E-state index contributed by atoms with van der Waals surface area (Å²) >= 11 is 0. The fourth-order valence-corrected chi connectivity index (χ4v) is 5.82. The molecule has 2 atom stereocenters. The number of nitrogens with zero attached hydrogens (tertiary/aromatic N) is 2. The summed E-state index contributed by atoms with van der Waals surface area (Å²) in [5.41, 5.74) is 3.80. The van der Waals surface area contributed by atoms with Gasteiger partial charge in [0.2, 0.25) is 11.8 Å². The summed E-state index contributed by atoms with van der Waals surface area (Å²) in [6.45, 7) is 10.8. The zero-order chi connectivity index (χ0) is 30.3. The van der Waals surface area contributed by atoms with Crippen molar-refractivity contribution < 1.29 is 22.7 Å². The zero-order valence-electron chi connectivity index (χ0n) is 25.0. The molecular formula is C32H41N3O5S. The van der Waals surface area contributed by atoms with Crippen molar-refractivity contribution in [3.05, 3.63) is 89.0 Å². The maximum absolute atomic E-state index is 14.1. The normalized spacial score (nSPS) is 12.8. The fraction of sp³-hybridized carbons (Fsp3) is 0.375. The molecule has 0 saturated carbocycles. The molecule has 1 N–H and O–H groups in total. The molecule has 0 bridgehead atoms. The molecule has 3 aromatic rings. The number of hydrogen-bond donors (Lipinski definition) is 1. The third-order valence-electron chi connectivity index (χ3n) is 7.09. The minimum Gasteiger partial charge on any atom is -0.495 e. The number of carbonyl (C=O) groups excluding carboxylic acids is 2. The van der Waals surface area contributed by atoms with Crippen LogP contribution in [0.4, 0.5) is 5.69 Å². The van der Waals surface area contributed by atoms with Crippen LogP contribution in [0.15, 0.2) is 71.6 Å². The Kier molecular flexibility index (Phi) is 10.6. The van der Waals surface area contributed by atoms with Gasteiger partial charge in [0.1, 0.15) is 18.3 Å². The van der Waals surface area contributed by atoms with Gasteiger partial charge in [-0.05, 0) is 76.4 Å². The van der Waals surface area contributed by atoms with Crippen LogP contribution in [-0.4, -0.2) is 50.9 Å². The predicted molar refractivity (Wildman–Crippen MR) is 163 cm³/mol. The molecule has 0 spiro atoms. The summed E-state index contributed by atoms with van der Waals surface area (Å²) in [4.78, 5) is 28.8. The van der Waals surface area contributed by atoms with Crippen LogP contribution in [0, 0.1) is 20.8 Å². The van der Waals surface area contributed by atoms with E-state index in [-0.39, 0.29) is 29.1 Å². The lowest BCUT2D eigenvalue weighted by Gasteiger charge is -2.33. The second kappa shape index (κ2) is 13.7. The van der Waals surface area contributed by atoms with Crippen molar-refractivity contribution in [3.8, 4) is 5.75 Å². The first-order valence-electron chi connectivity index (χ1n) is 13.8. The van der Waals surface area contributed by atoms with E-state index in [0.717, 1.165) is 33.0 Å². The molecular weight excluding hydrogens is 538 g/mol. The number of methoxy groups -OCH3 is 1. The van der Waals surface area contributed by atoms with E-state index in [2.05, 4.69) is 5.32 Å². The number of nitrogens with one attached hydrogen (secondary N) is 1. The van der Waals surface area contributed by atoms with Gasteiger partial charge in [0.05, 0.1) is 17.7 Å². The van der Waals surface area contributed by atoms with Crippen LogP contribution in [0.5, 0.6) is 5.75 Å². The van der Waals surface area contributed by atoms with Gasteiger partial charge >= 0.3 is 0 Å². The summed E-state index contributed by atoms with van der Waals surface area (Å²) < 4.78 is 34.8. The molecule has 8 nitrogen and oxygen atoms in total. The number of ether oxygens (including phenoxy) is 1. The zero-order valence-corrected chi connectivity index (χ0v) is 25.8. The fourth-order valence-electron chi connectivity index (χ4n) is 4.40. The van der Waals surface area contributed by atoms with Crippen LogP contribution >= 0.6 is 0 Å². The van der Waals surface area contributed by atoms with Crippen LogP contribution in [0.25, 0.3) is 0 Å². The molecule has 9 heteroatoms. The first-order chi connectivity index (χ1) is 19.4. The summed E-state index contributed by atoms with van der Waals surface area (Å²) in [6.07, 6.45) is 0.736. The van der Waals surface area contributed by atoms with Gasteiger partial charge < -0.3 is 15.0 Å². The summed E-state index contributed by atoms with van der Waals surface area (Å²) in [6, 6.07) is 18.4. The van der Waals surface area contributed by atoms with Crippen LogP contribution < -0.4 is 14.4 Å². The van der Waals surface area contributed by atoms with E-state index in [4.69, 9.17) is 4.74 Å². The number of sulfonamides is 1. The molecule has 0 radical (unpaired) electrons. The highest BCUT2D eigenvalue weighted by molar-refractivity contribution is 7.92. The summed E-state index contributed by atoms with van der Waals surface area (Å²) in [5, 5.41) is 2.95. The first kappa shape index (κ1) is 31.7. The largest absolute Gasteiger partial charge is 0.495 e. The number of carbonyl (C=O) groups is 2. The van der Waals surface area contributed by atoms with Crippen molar-refractivity contribution in [2.45, 2.75) is 71.5 Å². The lowest BCUT2D eigenvalue weighted by molar-refractivity contribution is -0.139. The standard InChI is InChI=1S/C32H41N3O5S/c1-8-25(5)33-32(37)26(6)34(20-27-11-9-10-23(3)18-27)31(36)21-35(29-19-24(4)14-17-30(29)40-7)41(38,39)28-15-12-22(2)13-16-28/h9-19,25-26H,8,20-21H2,1-7H3,(H,33,37)/t25-,26+/m0/s1. The summed E-state index contributed by atoms with van der Waals surface area (Å²) in [5.74, 6) is -0.508. The van der Waals surface area contributed by atoms with Gasteiger partial charge in [-0.2, -0.15) is 0 Å². The highest BCUT2D eigenvalue weighted by atomic mass is 32.2. The molecule has 0 aliphatic rings. The SMILES string of the molecule is CC[C@H](C)NC(=O)[C@@H](C)N(Cc1cccc(C)c1)C(=O)CN(c1cc(C)ccc1OC)S(=O)(=O)c1ccc(C)cc1. The van der Waals surface area contributed by atoms with E-state index in [9.17, 15) is 18.0 Å². The van der Waals surface area contributed by atoms with E-state index in [1.807, 2.05) is 65.0 Å². The maximum atomic E-state index is 14.1. The van der Waals surface area contributed by atoms with Crippen LogP contribution in [-0.2, 0) is 26.2 Å². The molecule has 0 heterocycles. The van der Waals surface area contributed by atoms with Gasteiger partial charge in [-0.15, -0.1) is 0 Å². The van der Waals surface area contributed by atoms with E-state index >= 15 is 0 Å². The van der Waals surface area contributed by atoms with Crippen molar-refractivity contribution in [2.75, 3.05) is 18.0 Å². The highest BCUT2D eigenvalue weighted by Gasteiger charge is 2.34. The van der Waals surface area contributed by atoms with Gasteiger partial charge in [-0.25, -0.2) is 8.42 Å². The Morgan fingerprint density at radius 1 is 0.902 bits per heavy atom. The Hall–Kier alpha value is -3.85. The smallest absolute Gasteiger partial charge is 0.264 e. The molecule has 0 unspecified atom stereocenters. The summed E-state index contributed by atoms with van der Waals surface area (Å²) in [7, 11) is -2.74. The molecule has 2 amide bonds. The number of rotatable bonds is 12. The van der Waals surface area contributed by atoms with E-state index in [1.165, 1.54) is 24.1 Å². The third-order valence-corrected chi connectivity index (χ3v) is 8.87. The van der Waals surface area contributed by atoms with Crippen LogP contribution in [0.2, 0.25) is 0 Å². The third kappa shape index (κ3) is 7.88. The second-order valence-electron chi connectivity index (χ2n) is 10.5. The second-order valence-corrected chi connectivity index (χ2v) is 12.4. The Morgan fingerprint density at radius 2 is 1.54 bits per heavy atom. The van der Waals surface area contributed by atoms with Crippen LogP contribution in [0.1, 0.15) is 49.4 Å². The molecule has 0 aliphatic heterocycles. The van der Waals surface area contributed by atoms with Gasteiger partial charge in [-0.1, -0.05) is 60.5 Å².